The maximum Gasteiger partial charge on any atom is 0.149 e. The van der Waals surface area contributed by atoms with Gasteiger partial charge in [-0.3, -0.25) is 4.98 Å². The molecular weight excluding hydrogens is 375 g/mol. The molecule has 0 spiro atoms. The second-order valence-corrected chi connectivity index (χ2v) is 7.78. The molecule has 0 saturated heterocycles. The quantitative estimate of drug-likeness (QED) is 0.414. The molecule has 0 amide bonds. The smallest absolute Gasteiger partial charge is 0.149 e. The van der Waals surface area contributed by atoms with Crippen LogP contribution < -0.4 is 5.73 Å². The molecule has 1 aliphatic carbocycles. The van der Waals surface area contributed by atoms with Crippen LogP contribution in [0.3, 0.4) is 0 Å². The first-order chi connectivity index (χ1) is 14.6. The summed E-state index contributed by atoms with van der Waals surface area (Å²) >= 11 is 0. The van der Waals surface area contributed by atoms with Crippen LogP contribution in [-0.4, -0.2) is 14.4 Å². The van der Waals surface area contributed by atoms with Gasteiger partial charge < -0.3 is 10.1 Å². The Hall–Kier alpha value is -2.79. The van der Waals surface area contributed by atoms with Gasteiger partial charge in [-0.15, -0.1) is 0 Å². The van der Waals surface area contributed by atoms with Gasteiger partial charge >= 0.3 is 0 Å². The zero-order valence-electron chi connectivity index (χ0n) is 17.9. The maximum atomic E-state index is 13.5. The van der Waals surface area contributed by atoms with Gasteiger partial charge in [0.2, 0.25) is 0 Å². The summed E-state index contributed by atoms with van der Waals surface area (Å²) in [5.41, 5.74) is 9.74. The van der Waals surface area contributed by atoms with Crippen molar-refractivity contribution in [2.24, 2.45) is 5.73 Å². The molecule has 1 aromatic carbocycles. The minimum absolute atomic E-state index is 0.299. The minimum atomic E-state index is -0.299. The Morgan fingerprint density at radius 1 is 0.967 bits per heavy atom. The van der Waals surface area contributed by atoms with Gasteiger partial charge in [0.1, 0.15) is 17.0 Å². The van der Waals surface area contributed by atoms with Crippen molar-refractivity contribution in [3.05, 3.63) is 77.6 Å². The van der Waals surface area contributed by atoms with Gasteiger partial charge in [-0.1, -0.05) is 50.7 Å². The highest BCUT2D eigenvalue weighted by Gasteiger charge is 2.04. The predicted octanol–water partition coefficient (Wildman–Crippen LogP) is 6.12. The third-order valence-electron chi connectivity index (χ3n) is 5.29. The average molecular weight is 407 g/mol. The van der Waals surface area contributed by atoms with E-state index in [2.05, 4.69) is 23.0 Å². The van der Waals surface area contributed by atoms with Gasteiger partial charge in [0.15, 0.2) is 0 Å². The molecule has 5 heteroatoms. The van der Waals surface area contributed by atoms with Crippen LogP contribution in [0.15, 0.2) is 55.0 Å². The number of nitrogens with zero attached hydrogens (tertiary/aromatic N) is 3. The van der Waals surface area contributed by atoms with Crippen molar-refractivity contribution in [3.8, 4) is 0 Å². The van der Waals surface area contributed by atoms with E-state index in [9.17, 15) is 4.39 Å². The van der Waals surface area contributed by atoms with E-state index in [0.717, 1.165) is 22.3 Å². The molecule has 4 nitrogen and oxygen atoms in total. The Morgan fingerprint density at radius 3 is 2.30 bits per heavy atom. The summed E-state index contributed by atoms with van der Waals surface area (Å²) in [5.74, 6) is -0.299. The van der Waals surface area contributed by atoms with Crippen LogP contribution in [0.4, 0.5) is 4.39 Å². The van der Waals surface area contributed by atoms with Crippen molar-refractivity contribution < 1.29 is 4.39 Å². The first kappa shape index (κ1) is 21.9. The zero-order chi connectivity index (χ0) is 21.3. The number of hydrogen-bond donors (Lipinski definition) is 1. The molecule has 0 aliphatic heterocycles. The normalized spacial score (nSPS) is 13.3. The standard InChI is InChI=1S/C11H11FN2.C8H8N2.C6H12/c1-7-2-3-9-4-8(6-13)5-10(12)11(9)14-7;1-7-3-2-5-10-6-4-9-8(7)10;1-2-4-6-5-3-1/h2-5H,6,13H2,1H3;2-6H,1H3;1-6H2. The molecule has 1 fully saturated rings. The average Bonchev–Trinajstić information content (AvgIpc) is 3.27. The lowest BCUT2D eigenvalue weighted by Crippen LogP contribution is -1.98. The van der Waals surface area contributed by atoms with Crippen LogP contribution in [0.2, 0.25) is 0 Å². The Morgan fingerprint density at radius 2 is 1.67 bits per heavy atom. The van der Waals surface area contributed by atoms with E-state index in [1.807, 2.05) is 54.2 Å². The lowest BCUT2D eigenvalue weighted by Gasteiger charge is -2.05. The molecule has 2 N–H and O–H groups in total. The largest absolute Gasteiger partial charge is 0.326 e. The fourth-order valence-corrected chi connectivity index (χ4v) is 3.62. The van der Waals surface area contributed by atoms with Crippen LogP contribution in [0.5, 0.6) is 0 Å². The Bertz CT molecular complexity index is 1070. The summed E-state index contributed by atoms with van der Waals surface area (Å²) in [6, 6.07) is 11.1. The molecule has 0 atom stereocenters. The van der Waals surface area contributed by atoms with Crippen molar-refractivity contribution in [3.63, 3.8) is 0 Å². The topological polar surface area (TPSA) is 56.2 Å². The molecule has 0 bridgehead atoms. The number of nitrogens with two attached hydrogens (primary N) is 1. The Balaban J connectivity index is 0.000000139. The second kappa shape index (κ2) is 10.8. The van der Waals surface area contributed by atoms with E-state index >= 15 is 0 Å². The highest BCUT2D eigenvalue weighted by Crippen LogP contribution is 2.18. The molecule has 30 heavy (non-hydrogen) atoms. The van der Waals surface area contributed by atoms with Crippen molar-refractivity contribution in [1.82, 2.24) is 14.4 Å². The zero-order valence-corrected chi connectivity index (χ0v) is 17.9. The monoisotopic (exact) mass is 406 g/mol. The number of aryl methyl sites for hydroxylation is 2. The number of fused-ring (bicyclic) bond motifs is 2. The van der Waals surface area contributed by atoms with Gasteiger partial charge in [-0.2, -0.15) is 0 Å². The van der Waals surface area contributed by atoms with Gasteiger partial charge in [-0.05, 0) is 49.2 Å². The van der Waals surface area contributed by atoms with E-state index in [4.69, 9.17) is 5.73 Å². The summed E-state index contributed by atoms with van der Waals surface area (Å²) < 4.78 is 15.5. The molecule has 5 rings (SSSR count). The van der Waals surface area contributed by atoms with Crippen LogP contribution in [0, 0.1) is 19.7 Å². The SMILES string of the molecule is C1CCCCC1.Cc1ccc2cc(CN)cc(F)c2n1.Cc1cccn2ccnc12. The minimum Gasteiger partial charge on any atom is -0.326 e. The molecular formula is C25H31FN4. The van der Waals surface area contributed by atoms with E-state index in [0.29, 0.717) is 12.1 Å². The number of rotatable bonds is 1. The third-order valence-corrected chi connectivity index (χ3v) is 5.29. The molecule has 4 aromatic rings. The van der Waals surface area contributed by atoms with Crippen LogP contribution >= 0.6 is 0 Å². The first-order valence-electron chi connectivity index (χ1n) is 10.7. The van der Waals surface area contributed by atoms with Gasteiger partial charge in [0.25, 0.3) is 0 Å². The second-order valence-electron chi connectivity index (χ2n) is 7.78. The molecule has 1 aliphatic rings. The van der Waals surface area contributed by atoms with Crippen molar-refractivity contribution in [2.45, 2.75) is 58.9 Å². The lowest BCUT2D eigenvalue weighted by atomic mass is 10.0. The Labute approximate surface area is 178 Å². The maximum absolute atomic E-state index is 13.5. The summed E-state index contributed by atoms with van der Waals surface area (Å²) in [7, 11) is 0. The fourth-order valence-electron chi connectivity index (χ4n) is 3.62. The number of aromatic nitrogens is 3. The molecule has 0 radical (unpaired) electrons. The summed E-state index contributed by atoms with van der Waals surface area (Å²) in [6.07, 6.45) is 14.8. The highest BCUT2D eigenvalue weighted by molar-refractivity contribution is 5.80. The number of hydrogen-bond acceptors (Lipinski definition) is 3. The van der Waals surface area contributed by atoms with E-state index in [1.54, 1.807) is 0 Å². The first-order valence-corrected chi connectivity index (χ1v) is 10.7. The van der Waals surface area contributed by atoms with E-state index < -0.39 is 0 Å². The van der Waals surface area contributed by atoms with Crippen LogP contribution in [0.1, 0.15) is 55.3 Å². The summed E-state index contributed by atoms with van der Waals surface area (Å²) in [5, 5.41) is 0.802. The van der Waals surface area contributed by atoms with Crippen molar-refractivity contribution >= 4 is 16.6 Å². The van der Waals surface area contributed by atoms with Crippen molar-refractivity contribution in [1.29, 1.82) is 0 Å². The third kappa shape index (κ3) is 5.86. The molecule has 3 aromatic heterocycles. The van der Waals surface area contributed by atoms with Crippen molar-refractivity contribution in [2.75, 3.05) is 0 Å². The molecule has 0 unspecified atom stereocenters. The number of halogens is 1. The number of benzene rings is 1. The van der Waals surface area contributed by atoms with Gasteiger partial charge in [0, 0.05) is 36.2 Å². The van der Waals surface area contributed by atoms with E-state index in [-0.39, 0.29) is 5.82 Å². The Kier molecular flexibility index (Phi) is 7.91. The van der Waals surface area contributed by atoms with Gasteiger partial charge in [-0.25, -0.2) is 9.37 Å². The highest BCUT2D eigenvalue weighted by atomic mass is 19.1. The van der Waals surface area contributed by atoms with E-state index in [1.165, 1.54) is 50.2 Å². The lowest BCUT2D eigenvalue weighted by molar-refractivity contribution is 0.504. The van der Waals surface area contributed by atoms with Gasteiger partial charge in [0.05, 0.1) is 0 Å². The summed E-state index contributed by atoms with van der Waals surface area (Å²) in [6.45, 7) is 4.25. The number of pyridine rings is 2. The number of imidazole rings is 1. The van der Waals surface area contributed by atoms with Crippen LogP contribution in [-0.2, 0) is 6.54 Å². The van der Waals surface area contributed by atoms with Crippen LogP contribution in [0.25, 0.3) is 16.6 Å². The molecule has 3 heterocycles. The predicted molar refractivity (Wildman–Crippen MR) is 122 cm³/mol. The molecule has 158 valence electrons. The molecule has 1 saturated carbocycles. The summed E-state index contributed by atoms with van der Waals surface area (Å²) in [4.78, 5) is 8.32. The fraction of sp³-hybridized carbons (Fsp3) is 0.360.